The monoisotopic (exact) mass is 593 g/mol. The quantitative estimate of drug-likeness (QED) is 0.336. The molecule has 0 unspecified atom stereocenters. The molecule has 4 aliphatic rings. The lowest BCUT2D eigenvalue weighted by Crippen LogP contribution is -2.58. The van der Waals surface area contributed by atoms with E-state index in [1.807, 2.05) is 24.3 Å². The molecule has 35 heavy (non-hydrogen) atoms. The molecule has 5 rings (SSSR count). The SMILES string of the molecule is C[C@H](CCC(=O)Nc1ccccc1I)[C@H]1CC[C@H]2[C@@H]3[C@@H](O)C[C@@H]4C[C@H](O)CC[C@]4(C)[C@H]3CC[C@]12C. The summed E-state index contributed by atoms with van der Waals surface area (Å²) >= 11 is 2.27. The minimum Gasteiger partial charge on any atom is -0.393 e. The first-order valence-corrected chi connectivity index (χ1v) is 15.1. The Morgan fingerprint density at radius 3 is 2.54 bits per heavy atom. The molecule has 0 saturated heterocycles. The van der Waals surface area contributed by atoms with Crippen LogP contribution in [-0.2, 0) is 4.79 Å². The Kier molecular flexibility index (Phi) is 7.35. The molecule has 4 nitrogen and oxygen atoms in total. The average molecular weight is 594 g/mol. The van der Waals surface area contributed by atoms with E-state index in [-0.39, 0.29) is 28.9 Å². The Bertz CT molecular complexity index is 938. The number of amides is 1. The molecule has 4 fully saturated rings. The van der Waals surface area contributed by atoms with Gasteiger partial charge in [0.25, 0.3) is 0 Å². The van der Waals surface area contributed by atoms with Gasteiger partial charge in [0.1, 0.15) is 0 Å². The normalized spacial score (nSPS) is 43.5. The van der Waals surface area contributed by atoms with Gasteiger partial charge in [0, 0.05) is 9.99 Å². The molecule has 3 N–H and O–H groups in total. The third kappa shape index (κ3) is 4.60. The van der Waals surface area contributed by atoms with Crippen LogP contribution < -0.4 is 5.32 Å². The van der Waals surface area contributed by atoms with Crippen LogP contribution in [0.2, 0.25) is 0 Å². The Morgan fingerprint density at radius 1 is 1.06 bits per heavy atom. The van der Waals surface area contributed by atoms with E-state index in [9.17, 15) is 15.0 Å². The Hall–Kier alpha value is -0.660. The molecule has 0 spiro atoms. The van der Waals surface area contributed by atoms with Crippen LogP contribution in [0.25, 0.3) is 0 Å². The summed E-state index contributed by atoms with van der Waals surface area (Å²) < 4.78 is 1.07. The maximum Gasteiger partial charge on any atom is 0.224 e. The van der Waals surface area contributed by atoms with Gasteiger partial charge >= 0.3 is 0 Å². The fourth-order valence-electron chi connectivity index (χ4n) is 9.51. The number of anilines is 1. The summed E-state index contributed by atoms with van der Waals surface area (Å²) in [5.41, 5.74) is 1.45. The second-order valence-electron chi connectivity index (χ2n) is 13.0. The third-order valence-electron chi connectivity index (χ3n) is 11.4. The summed E-state index contributed by atoms with van der Waals surface area (Å²) in [7, 11) is 0. The fourth-order valence-corrected chi connectivity index (χ4v) is 10.0. The first kappa shape index (κ1) is 26.0. The number of carbonyl (C=O) groups excluding carboxylic acids is 1. The predicted molar refractivity (Wildman–Crippen MR) is 149 cm³/mol. The molecule has 194 valence electrons. The van der Waals surface area contributed by atoms with Gasteiger partial charge in [0.05, 0.1) is 17.9 Å². The molecule has 5 heteroatoms. The van der Waals surface area contributed by atoms with Crippen LogP contribution in [0, 0.1) is 49.9 Å². The maximum absolute atomic E-state index is 12.7. The number of benzene rings is 1. The number of aliphatic hydroxyl groups is 2. The lowest BCUT2D eigenvalue weighted by atomic mass is 9.43. The summed E-state index contributed by atoms with van der Waals surface area (Å²) in [6.07, 6.45) is 9.82. The van der Waals surface area contributed by atoms with Crippen LogP contribution in [0.1, 0.15) is 85.0 Å². The molecule has 0 aliphatic heterocycles. The van der Waals surface area contributed by atoms with Crippen LogP contribution in [-0.4, -0.2) is 28.3 Å². The van der Waals surface area contributed by atoms with Gasteiger partial charge in [0.15, 0.2) is 0 Å². The van der Waals surface area contributed by atoms with Crippen LogP contribution in [0.3, 0.4) is 0 Å². The predicted octanol–water partition coefficient (Wildman–Crippen LogP) is 6.64. The lowest BCUT2D eigenvalue weighted by Gasteiger charge is -2.62. The molecule has 1 aromatic carbocycles. The van der Waals surface area contributed by atoms with Gasteiger partial charge in [0.2, 0.25) is 5.91 Å². The molecule has 0 heterocycles. The van der Waals surface area contributed by atoms with Crippen molar-refractivity contribution in [3.05, 3.63) is 27.8 Å². The van der Waals surface area contributed by atoms with E-state index in [1.165, 1.54) is 25.7 Å². The van der Waals surface area contributed by atoms with Crippen molar-refractivity contribution in [3.63, 3.8) is 0 Å². The zero-order valence-corrected chi connectivity index (χ0v) is 23.8. The van der Waals surface area contributed by atoms with Gasteiger partial charge < -0.3 is 15.5 Å². The van der Waals surface area contributed by atoms with Crippen molar-refractivity contribution in [2.75, 3.05) is 5.32 Å². The van der Waals surface area contributed by atoms with Gasteiger partial charge in [-0.15, -0.1) is 0 Å². The molecule has 0 bridgehead atoms. The van der Waals surface area contributed by atoms with E-state index in [1.54, 1.807) is 0 Å². The second kappa shape index (κ2) is 9.90. The molecule has 4 aliphatic carbocycles. The van der Waals surface area contributed by atoms with E-state index < -0.39 is 0 Å². The minimum absolute atomic E-state index is 0.116. The number of nitrogens with one attached hydrogen (secondary N) is 1. The number of para-hydroxylation sites is 1. The highest BCUT2D eigenvalue weighted by Crippen LogP contribution is 2.68. The number of hydrogen-bond donors (Lipinski definition) is 3. The summed E-state index contributed by atoms with van der Waals surface area (Å²) in [5.74, 6) is 3.31. The number of aliphatic hydroxyl groups excluding tert-OH is 2. The first-order valence-electron chi connectivity index (χ1n) is 14.0. The van der Waals surface area contributed by atoms with Crippen molar-refractivity contribution in [1.29, 1.82) is 0 Å². The van der Waals surface area contributed by atoms with E-state index in [4.69, 9.17) is 0 Å². The van der Waals surface area contributed by atoms with E-state index >= 15 is 0 Å². The molecule has 4 saturated carbocycles. The maximum atomic E-state index is 12.7. The summed E-state index contributed by atoms with van der Waals surface area (Å²) in [4.78, 5) is 12.7. The van der Waals surface area contributed by atoms with Crippen LogP contribution in [0.5, 0.6) is 0 Å². The zero-order valence-electron chi connectivity index (χ0n) is 21.7. The number of carbonyl (C=O) groups is 1. The number of rotatable bonds is 5. The third-order valence-corrected chi connectivity index (χ3v) is 12.3. The average Bonchev–Trinajstić information content (AvgIpc) is 3.17. The highest BCUT2D eigenvalue weighted by atomic mass is 127. The minimum atomic E-state index is -0.221. The summed E-state index contributed by atoms with van der Waals surface area (Å²) in [6.45, 7) is 7.36. The van der Waals surface area contributed by atoms with Gasteiger partial charge in [-0.25, -0.2) is 0 Å². The van der Waals surface area contributed by atoms with E-state index in [0.29, 0.717) is 41.9 Å². The lowest BCUT2D eigenvalue weighted by molar-refractivity contribution is -0.174. The zero-order chi connectivity index (χ0) is 25.0. The summed E-state index contributed by atoms with van der Waals surface area (Å²) in [6, 6.07) is 7.95. The van der Waals surface area contributed by atoms with E-state index in [0.717, 1.165) is 41.4 Å². The van der Waals surface area contributed by atoms with Gasteiger partial charge in [-0.2, -0.15) is 0 Å². The van der Waals surface area contributed by atoms with E-state index in [2.05, 4.69) is 48.7 Å². The molecule has 0 radical (unpaired) electrons. The fraction of sp³-hybridized carbons (Fsp3) is 0.767. The Balaban J connectivity index is 1.25. The van der Waals surface area contributed by atoms with Crippen molar-refractivity contribution >= 4 is 34.2 Å². The number of hydrogen-bond acceptors (Lipinski definition) is 3. The van der Waals surface area contributed by atoms with Crippen molar-refractivity contribution in [2.24, 2.45) is 46.3 Å². The van der Waals surface area contributed by atoms with Crippen molar-refractivity contribution in [3.8, 4) is 0 Å². The standard InChI is InChI=1S/C30H44INO3/c1-18(8-11-27(35)32-25-7-5-4-6-24(25)31)21-9-10-22-28-23(13-15-30(21,22)3)29(2)14-12-20(33)16-19(29)17-26(28)34/h4-7,18-23,26,28,33-34H,8-17H2,1-3H3,(H,32,35)/t18-,19+,20-,21-,22+,23+,26+,28+,29+,30-/m1/s1. The van der Waals surface area contributed by atoms with Crippen LogP contribution in [0.4, 0.5) is 5.69 Å². The van der Waals surface area contributed by atoms with Gasteiger partial charge in [-0.3, -0.25) is 4.79 Å². The molecule has 1 aromatic rings. The molecular formula is C30H44INO3. The van der Waals surface area contributed by atoms with Crippen molar-refractivity contribution in [1.82, 2.24) is 0 Å². The Labute approximate surface area is 225 Å². The molecule has 1 amide bonds. The first-order chi connectivity index (χ1) is 16.6. The largest absolute Gasteiger partial charge is 0.393 e. The molecule has 0 aromatic heterocycles. The summed E-state index contributed by atoms with van der Waals surface area (Å²) in [5, 5.41) is 24.8. The van der Waals surface area contributed by atoms with Gasteiger partial charge in [-0.1, -0.05) is 32.9 Å². The van der Waals surface area contributed by atoms with Crippen molar-refractivity contribution in [2.45, 2.75) is 97.2 Å². The smallest absolute Gasteiger partial charge is 0.224 e. The highest BCUT2D eigenvalue weighted by molar-refractivity contribution is 14.1. The number of halogens is 1. The highest BCUT2D eigenvalue weighted by Gasteiger charge is 2.62. The molecular weight excluding hydrogens is 549 g/mol. The van der Waals surface area contributed by atoms with Gasteiger partial charge in [-0.05, 0) is 139 Å². The number of fused-ring (bicyclic) bond motifs is 5. The Morgan fingerprint density at radius 2 is 1.77 bits per heavy atom. The molecule has 10 atom stereocenters. The second-order valence-corrected chi connectivity index (χ2v) is 14.2. The van der Waals surface area contributed by atoms with Crippen LogP contribution in [0.15, 0.2) is 24.3 Å². The van der Waals surface area contributed by atoms with Crippen LogP contribution >= 0.6 is 22.6 Å². The van der Waals surface area contributed by atoms with Crippen molar-refractivity contribution < 1.29 is 15.0 Å². The topological polar surface area (TPSA) is 69.6 Å².